The fourth-order valence-corrected chi connectivity index (χ4v) is 5.07. The van der Waals surface area contributed by atoms with Crippen molar-refractivity contribution in [3.05, 3.63) is 45.2 Å². The number of anilines is 1. The van der Waals surface area contributed by atoms with Gasteiger partial charge in [0.05, 0.1) is 41.1 Å². The first-order valence-corrected chi connectivity index (χ1v) is 11.5. The Morgan fingerprint density at radius 3 is 2.76 bits per heavy atom. The maximum Gasteiger partial charge on any atom is 0.586 e. The van der Waals surface area contributed by atoms with Crippen molar-refractivity contribution in [3.8, 4) is 22.9 Å². The number of halogens is 2. The molecule has 0 bridgehead atoms. The van der Waals surface area contributed by atoms with Crippen molar-refractivity contribution in [2.45, 2.75) is 44.8 Å². The Morgan fingerprint density at radius 2 is 2.03 bits per heavy atom. The second kappa shape index (κ2) is 7.62. The van der Waals surface area contributed by atoms with E-state index in [-0.39, 0.29) is 66.4 Å². The van der Waals surface area contributed by atoms with Crippen LogP contribution in [0.15, 0.2) is 23.0 Å². The van der Waals surface area contributed by atoms with Gasteiger partial charge in [0.15, 0.2) is 11.5 Å². The van der Waals surface area contributed by atoms with Crippen molar-refractivity contribution in [2.24, 2.45) is 5.73 Å². The third-order valence-corrected chi connectivity index (χ3v) is 6.83. The van der Waals surface area contributed by atoms with Gasteiger partial charge in [0.1, 0.15) is 6.61 Å². The van der Waals surface area contributed by atoms with Gasteiger partial charge in [0, 0.05) is 29.1 Å². The molecule has 192 valence electrons. The first-order chi connectivity index (χ1) is 17.6. The second-order valence-corrected chi connectivity index (χ2v) is 8.93. The Bertz CT molecular complexity index is 1600. The zero-order valence-electron chi connectivity index (χ0n) is 19.4. The van der Waals surface area contributed by atoms with E-state index in [1.807, 2.05) is 0 Å². The number of cyclic esters (lactones) is 1. The van der Waals surface area contributed by atoms with Crippen LogP contribution < -0.4 is 26.5 Å². The molecule has 0 amide bonds. The number of rotatable bonds is 4. The van der Waals surface area contributed by atoms with E-state index in [0.717, 1.165) is 0 Å². The summed E-state index contributed by atoms with van der Waals surface area (Å²) in [7, 11) is 0. The molecule has 1 atom stereocenters. The van der Waals surface area contributed by atoms with E-state index in [0.29, 0.717) is 22.3 Å². The van der Waals surface area contributed by atoms with Crippen LogP contribution in [0.3, 0.4) is 0 Å². The highest BCUT2D eigenvalue weighted by atomic mass is 19.3. The summed E-state index contributed by atoms with van der Waals surface area (Å²) in [5.74, 6) is -2.04. The SMILES string of the molecule is CCC1(OC(=O)CCN)C(=O)OCc2c1cc1n(c2=O)Cc2cc3c(N)c4c(cc3nc2-1)OC(F)(F)O4. The number of ether oxygens (including phenoxy) is 4. The van der Waals surface area contributed by atoms with Gasteiger partial charge in [0.25, 0.3) is 5.56 Å². The molecule has 0 radical (unpaired) electrons. The largest absolute Gasteiger partial charge is 0.586 e. The number of nitrogens with zero attached hydrogens (tertiary/aromatic N) is 2. The number of carbonyl (C=O) groups excluding carboxylic acids is 2. The highest BCUT2D eigenvalue weighted by molar-refractivity contribution is 5.98. The highest BCUT2D eigenvalue weighted by Crippen LogP contribution is 2.49. The molecule has 0 saturated heterocycles. The minimum absolute atomic E-state index is 0.0181. The molecule has 3 aliphatic rings. The first-order valence-electron chi connectivity index (χ1n) is 11.5. The predicted octanol–water partition coefficient (Wildman–Crippen LogP) is 1.88. The molecule has 0 fully saturated rings. The Morgan fingerprint density at radius 1 is 1.24 bits per heavy atom. The molecule has 5 heterocycles. The summed E-state index contributed by atoms with van der Waals surface area (Å²) >= 11 is 0. The molecule has 37 heavy (non-hydrogen) atoms. The van der Waals surface area contributed by atoms with Crippen LogP contribution in [-0.2, 0) is 37.8 Å². The normalized spacial score (nSPS) is 20.3. The number of hydrogen-bond donors (Lipinski definition) is 2. The van der Waals surface area contributed by atoms with Crippen LogP contribution in [0.25, 0.3) is 22.3 Å². The molecule has 13 heteroatoms. The molecule has 0 saturated carbocycles. The molecule has 3 aliphatic heterocycles. The lowest BCUT2D eigenvalue weighted by atomic mass is 9.85. The number of nitrogens with two attached hydrogens (primary N) is 2. The van der Waals surface area contributed by atoms with Crippen molar-refractivity contribution >= 4 is 28.5 Å². The number of fused-ring (bicyclic) bond motifs is 6. The van der Waals surface area contributed by atoms with Gasteiger partial charge in [-0.1, -0.05) is 6.92 Å². The van der Waals surface area contributed by atoms with Crippen LogP contribution in [0.2, 0.25) is 0 Å². The van der Waals surface area contributed by atoms with E-state index in [1.165, 1.54) is 10.6 Å². The number of carbonyl (C=O) groups is 2. The number of esters is 2. The number of aromatic nitrogens is 2. The van der Waals surface area contributed by atoms with Crippen molar-refractivity contribution in [1.29, 1.82) is 0 Å². The fourth-order valence-electron chi connectivity index (χ4n) is 5.07. The van der Waals surface area contributed by atoms with Gasteiger partial charge in [-0.2, -0.15) is 0 Å². The van der Waals surface area contributed by atoms with Crippen LogP contribution >= 0.6 is 0 Å². The van der Waals surface area contributed by atoms with Crippen molar-refractivity contribution < 1.29 is 37.3 Å². The molecule has 1 unspecified atom stereocenters. The smallest absolute Gasteiger partial charge is 0.457 e. The number of nitrogen functional groups attached to an aromatic ring is 1. The average Bonchev–Trinajstić information content (AvgIpc) is 3.36. The monoisotopic (exact) mass is 514 g/mol. The second-order valence-electron chi connectivity index (χ2n) is 8.93. The van der Waals surface area contributed by atoms with Gasteiger partial charge in [-0.3, -0.25) is 9.59 Å². The van der Waals surface area contributed by atoms with Crippen molar-refractivity contribution in [2.75, 3.05) is 12.3 Å². The van der Waals surface area contributed by atoms with Gasteiger partial charge in [-0.05, 0) is 18.6 Å². The molecular formula is C24H20F2N4O7. The molecular weight excluding hydrogens is 494 g/mol. The summed E-state index contributed by atoms with van der Waals surface area (Å²) in [5.41, 5.74) is 11.2. The first kappa shape index (κ1) is 23.2. The third-order valence-electron chi connectivity index (χ3n) is 6.83. The van der Waals surface area contributed by atoms with E-state index in [9.17, 15) is 23.2 Å². The van der Waals surface area contributed by atoms with Gasteiger partial charge >= 0.3 is 18.2 Å². The summed E-state index contributed by atoms with van der Waals surface area (Å²) < 4.78 is 48.7. The minimum atomic E-state index is -3.85. The molecule has 4 N–H and O–H groups in total. The topological polar surface area (TPSA) is 158 Å². The van der Waals surface area contributed by atoms with E-state index in [2.05, 4.69) is 14.5 Å². The molecule has 11 nitrogen and oxygen atoms in total. The quantitative estimate of drug-likeness (QED) is 0.304. The van der Waals surface area contributed by atoms with Crippen LogP contribution in [0.4, 0.5) is 14.5 Å². The van der Waals surface area contributed by atoms with Crippen molar-refractivity contribution in [1.82, 2.24) is 9.55 Å². The fraction of sp³-hybridized carbons (Fsp3) is 0.333. The minimum Gasteiger partial charge on any atom is -0.457 e. The summed E-state index contributed by atoms with van der Waals surface area (Å²) in [4.78, 5) is 43.4. The summed E-state index contributed by atoms with van der Waals surface area (Å²) in [5, 5.41) is 0.349. The lowest BCUT2D eigenvalue weighted by Crippen LogP contribution is -2.47. The van der Waals surface area contributed by atoms with Gasteiger partial charge in [-0.25, -0.2) is 9.78 Å². The Balaban J connectivity index is 1.54. The van der Waals surface area contributed by atoms with E-state index < -0.39 is 29.4 Å². The van der Waals surface area contributed by atoms with E-state index >= 15 is 0 Å². The zero-order chi connectivity index (χ0) is 26.3. The number of pyridine rings is 2. The number of hydrogen-bond acceptors (Lipinski definition) is 10. The molecule has 2 aromatic heterocycles. The molecule has 6 rings (SSSR count). The molecule has 1 aromatic carbocycles. The van der Waals surface area contributed by atoms with E-state index in [4.69, 9.17) is 20.9 Å². The van der Waals surface area contributed by atoms with E-state index in [1.54, 1.807) is 19.1 Å². The van der Waals surface area contributed by atoms with Crippen molar-refractivity contribution in [3.63, 3.8) is 0 Å². The zero-order valence-corrected chi connectivity index (χ0v) is 19.4. The summed E-state index contributed by atoms with van der Waals surface area (Å²) in [6.07, 6.45) is -3.96. The summed E-state index contributed by atoms with van der Waals surface area (Å²) in [6.45, 7) is 1.49. The maximum atomic E-state index is 13.6. The lowest BCUT2D eigenvalue weighted by molar-refractivity contribution is -0.286. The van der Waals surface area contributed by atoms with Crippen LogP contribution in [0, 0.1) is 0 Å². The maximum absolute atomic E-state index is 13.6. The van der Waals surface area contributed by atoms with Gasteiger partial charge in [0.2, 0.25) is 5.60 Å². The molecule has 0 aliphatic carbocycles. The Labute approximate surface area is 206 Å². The average molecular weight is 514 g/mol. The predicted molar refractivity (Wildman–Crippen MR) is 123 cm³/mol. The number of benzene rings is 1. The Hall–Kier alpha value is -4.26. The highest BCUT2D eigenvalue weighted by Gasteiger charge is 2.50. The van der Waals surface area contributed by atoms with Gasteiger partial charge < -0.3 is 35.0 Å². The lowest BCUT2D eigenvalue weighted by Gasteiger charge is -2.35. The number of alkyl halides is 2. The standard InChI is InChI=1S/C24H20F2N4O7/c1-2-23(36-17(31)3-4-27)13-6-15-19-10(8-30(15)21(32)12(13)9-34-22(23)33)5-11-14(29-19)7-16-20(18(11)28)37-24(25,26)35-16/h5-7H,2-4,8-9,27-28H2,1H3. The summed E-state index contributed by atoms with van der Waals surface area (Å²) in [6, 6.07) is 4.52. The van der Waals surface area contributed by atoms with Crippen LogP contribution in [-0.4, -0.2) is 34.3 Å². The third kappa shape index (κ3) is 3.19. The molecule has 3 aromatic rings. The Kier molecular flexibility index (Phi) is 4.77. The van der Waals surface area contributed by atoms with Crippen LogP contribution in [0.5, 0.6) is 11.5 Å². The van der Waals surface area contributed by atoms with Crippen LogP contribution in [0.1, 0.15) is 36.5 Å². The molecule has 0 spiro atoms. The van der Waals surface area contributed by atoms with Gasteiger partial charge in [-0.15, -0.1) is 8.78 Å².